The summed E-state index contributed by atoms with van der Waals surface area (Å²) >= 11 is 0. The highest BCUT2D eigenvalue weighted by atomic mass is 16.5. The smallest absolute Gasteiger partial charge is 0.251 e. The van der Waals surface area contributed by atoms with Gasteiger partial charge in [0.1, 0.15) is 5.75 Å². The SMILES string of the molecule is COc1ccc(C(=O)N[C@@H]2CCCC[C@H]2CN2CCC(OC)CC2)cc1. The second-order valence-corrected chi connectivity index (χ2v) is 7.59. The van der Waals surface area contributed by atoms with Gasteiger partial charge in [-0.05, 0) is 55.9 Å². The van der Waals surface area contributed by atoms with Crippen LogP contribution in [0.2, 0.25) is 0 Å². The molecular formula is C21H32N2O3. The van der Waals surface area contributed by atoms with E-state index in [4.69, 9.17) is 9.47 Å². The summed E-state index contributed by atoms with van der Waals surface area (Å²) in [7, 11) is 3.45. The normalized spacial score (nSPS) is 25.0. The molecule has 1 saturated carbocycles. The van der Waals surface area contributed by atoms with E-state index in [-0.39, 0.29) is 11.9 Å². The van der Waals surface area contributed by atoms with Gasteiger partial charge < -0.3 is 19.7 Å². The lowest BCUT2D eigenvalue weighted by molar-refractivity contribution is 0.0321. The van der Waals surface area contributed by atoms with E-state index in [1.165, 1.54) is 19.3 Å². The summed E-state index contributed by atoms with van der Waals surface area (Å²) in [6, 6.07) is 7.63. The number of carbonyl (C=O) groups is 1. The van der Waals surface area contributed by atoms with E-state index in [0.717, 1.165) is 44.6 Å². The molecule has 1 N–H and O–H groups in total. The Morgan fingerprint density at radius 3 is 2.42 bits per heavy atom. The molecule has 2 fully saturated rings. The second-order valence-electron chi connectivity index (χ2n) is 7.59. The number of ether oxygens (including phenoxy) is 2. The fraction of sp³-hybridized carbons (Fsp3) is 0.667. The largest absolute Gasteiger partial charge is 0.497 e. The molecule has 0 unspecified atom stereocenters. The van der Waals surface area contributed by atoms with E-state index in [9.17, 15) is 4.79 Å². The summed E-state index contributed by atoms with van der Waals surface area (Å²) in [4.78, 5) is 15.2. The fourth-order valence-electron chi connectivity index (χ4n) is 4.27. The molecule has 0 aromatic heterocycles. The number of piperidine rings is 1. The van der Waals surface area contributed by atoms with Gasteiger partial charge in [-0.25, -0.2) is 0 Å². The van der Waals surface area contributed by atoms with Crippen molar-refractivity contribution in [3.8, 4) is 5.75 Å². The van der Waals surface area contributed by atoms with Gasteiger partial charge in [0.25, 0.3) is 5.91 Å². The average molecular weight is 360 g/mol. The topological polar surface area (TPSA) is 50.8 Å². The molecule has 0 radical (unpaired) electrons. The molecule has 1 aromatic rings. The Labute approximate surface area is 157 Å². The van der Waals surface area contributed by atoms with Crippen LogP contribution in [-0.2, 0) is 4.74 Å². The monoisotopic (exact) mass is 360 g/mol. The van der Waals surface area contributed by atoms with Crippen LogP contribution >= 0.6 is 0 Å². The molecule has 144 valence electrons. The number of nitrogens with zero attached hydrogens (tertiary/aromatic N) is 1. The van der Waals surface area contributed by atoms with Crippen LogP contribution in [0.15, 0.2) is 24.3 Å². The zero-order valence-corrected chi connectivity index (χ0v) is 16.1. The number of hydrogen-bond acceptors (Lipinski definition) is 4. The number of nitrogens with one attached hydrogen (secondary N) is 1. The van der Waals surface area contributed by atoms with Crippen LogP contribution in [0.5, 0.6) is 5.75 Å². The number of amides is 1. The van der Waals surface area contributed by atoms with Gasteiger partial charge in [-0.15, -0.1) is 0 Å². The van der Waals surface area contributed by atoms with Crippen molar-refractivity contribution in [2.75, 3.05) is 33.9 Å². The van der Waals surface area contributed by atoms with E-state index >= 15 is 0 Å². The molecule has 26 heavy (non-hydrogen) atoms. The molecule has 5 heteroatoms. The average Bonchev–Trinajstić information content (AvgIpc) is 2.70. The summed E-state index contributed by atoms with van der Waals surface area (Å²) in [5, 5.41) is 3.30. The van der Waals surface area contributed by atoms with Crippen molar-refractivity contribution in [2.45, 2.75) is 50.7 Å². The maximum absolute atomic E-state index is 12.7. The van der Waals surface area contributed by atoms with Crippen molar-refractivity contribution in [1.82, 2.24) is 10.2 Å². The van der Waals surface area contributed by atoms with Crippen molar-refractivity contribution < 1.29 is 14.3 Å². The molecule has 1 amide bonds. The quantitative estimate of drug-likeness (QED) is 0.847. The van der Waals surface area contributed by atoms with Crippen molar-refractivity contribution in [1.29, 1.82) is 0 Å². The highest BCUT2D eigenvalue weighted by Gasteiger charge is 2.29. The first-order chi connectivity index (χ1) is 12.7. The van der Waals surface area contributed by atoms with Crippen LogP contribution in [0.3, 0.4) is 0 Å². The number of likely N-dealkylation sites (tertiary alicyclic amines) is 1. The summed E-state index contributed by atoms with van der Waals surface area (Å²) in [6.45, 7) is 3.30. The molecule has 1 aliphatic carbocycles. The van der Waals surface area contributed by atoms with E-state index in [1.807, 2.05) is 31.4 Å². The van der Waals surface area contributed by atoms with Gasteiger partial charge in [0.2, 0.25) is 0 Å². The molecule has 2 atom stereocenters. The third-order valence-electron chi connectivity index (χ3n) is 5.94. The molecule has 1 aromatic carbocycles. The van der Waals surface area contributed by atoms with Crippen molar-refractivity contribution in [2.24, 2.45) is 5.92 Å². The zero-order chi connectivity index (χ0) is 18.4. The van der Waals surface area contributed by atoms with Gasteiger partial charge in [0, 0.05) is 38.3 Å². The van der Waals surface area contributed by atoms with Crippen LogP contribution in [0.4, 0.5) is 0 Å². The number of methoxy groups -OCH3 is 2. The standard InChI is InChI=1S/C21H32N2O3/c1-25-18-9-7-16(8-10-18)21(24)22-20-6-4-3-5-17(20)15-23-13-11-19(26-2)12-14-23/h7-10,17,19-20H,3-6,11-15H2,1-2H3,(H,22,24)/t17-,20+/m0/s1. The minimum atomic E-state index is 0.0302. The molecular weight excluding hydrogens is 328 g/mol. The van der Waals surface area contributed by atoms with E-state index < -0.39 is 0 Å². The first-order valence-corrected chi connectivity index (χ1v) is 9.89. The molecule has 5 nitrogen and oxygen atoms in total. The molecule has 0 spiro atoms. The summed E-state index contributed by atoms with van der Waals surface area (Å²) in [5.74, 6) is 1.35. The van der Waals surface area contributed by atoms with Crippen molar-refractivity contribution in [3.63, 3.8) is 0 Å². The van der Waals surface area contributed by atoms with Crippen LogP contribution < -0.4 is 10.1 Å². The summed E-state index contributed by atoms with van der Waals surface area (Å²) in [6.07, 6.45) is 7.42. The fourth-order valence-corrected chi connectivity index (χ4v) is 4.27. The highest BCUT2D eigenvalue weighted by molar-refractivity contribution is 5.94. The second kappa shape index (κ2) is 9.38. The molecule has 1 saturated heterocycles. The van der Waals surface area contributed by atoms with Crippen LogP contribution in [-0.4, -0.2) is 56.8 Å². The van der Waals surface area contributed by atoms with Gasteiger partial charge in [-0.3, -0.25) is 4.79 Å². The van der Waals surface area contributed by atoms with E-state index in [2.05, 4.69) is 10.2 Å². The van der Waals surface area contributed by atoms with Crippen LogP contribution in [0, 0.1) is 5.92 Å². The Morgan fingerprint density at radius 2 is 1.77 bits per heavy atom. The maximum Gasteiger partial charge on any atom is 0.251 e. The lowest BCUT2D eigenvalue weighted by atomic mass is 9.83. The summed E-state index contributed by atoms with van der Waals surface area (Å²) < 4.78 is 10.6. The van der Waals surface area contributed by atoms with Gasteiger partial charge >= 0.3 is 0 Å². The maximum atomic E-state index is 12.7. The van der Waals surface area contributed by atoms with Crippen LogP contribution in [0.1, 0.15) is 48.9 Å². The van der Waals surface area contributed by atoms with Crippen LogP contribution in [0.25, 0.3) is 0 Å². The first-order valence-electron chi connectivity index (χ1n) is 9.89. The third-order valence-corrected chi connectivity index (χ3v) is 5.94. The Morgan fingerprint density at radius 1 is 1.08 bits per heavy atom. The lowest BCUT2D eigenvalue weighted by Gasteiger charge is -2.38. The van der Waals surface area contributed by atoms with Crippen molar-refractivity contribution >= 4 is 5.91 Å². The minimum Gasteiger partial charge on any atom is -0.497 e. The number of benzene rings is 1. The Bertz CT molecular complexity index is 567. The van der Waals surface area contributed by atoms with E-state index in [1.54, 1.807) is 7.11 Å². The predicted octanol–water partition coefficient (Wildman–Crippen LogP) is 3.09. The molecule has 0 bridgehead atoms. The summed E-state index contributed by atoms with van der Waals surface area (Å²) in [5.41, 5.74) is 0.705. The molecule has 1 aliphatic heterocycles. The Hall–Kier alpha value is -1.59. The molecule has 2 aliphatic rings. The number of hydrogen-bond donors (Lipinski definition) is 1. The minimum absolute atomic E-state index is 0.0302. The predicted molar refractivity (Wildman–Crippen MR) is 103 cm³/mol. The number of rotatable bonds is 6. The van der Waals surface area contributed by atoms with E-state index in [0.29, 0.717) is 17.6 Å². The van der Waals surface area contributed by atoms with Gasteiger partial charge in [-0.1, -0.05) is 12.8 Å². The Kier molecular flexibility index (Phi) is 6.92. The van der Waals surface area contributed by atoms with Crippen molar-refractivity contribution in [3.05, 3.63) is 29.8 Å². The Balaban J connectivity index is 1.55. The van der Waals surface area contributed by atoms with Gasteiger partial charge in [0.15, 0.2) is 0 Å². The first kappa shape index (κ1) is 19.2. The lowest BCUT2D eigenvalue weighted by Crippen LogP contribution is -2.48. The zero-order valence-electron chi connectivity index (χ0n) is 16.1. The molecule has 3 rings (SSSR count). The highest BCUT2D eigenvalue weighted by Crippen LogP contribution is 2.27. The molecule has 1 heterocycles. The van der Waals surface area contributed by atoms with Gasteiger partial charge in [0.05, 0.1) is 13.2 Å². The number of carbonyl (C=O) groups excluding carboxylic acids is 1. The third kappa shape index (κ3) is 4.98. The van der Waals surface area contributed by atoms with Gasteiger partial charge in [-0.2, -0.15) is 0 Å².